The van der Waals surface area contributed by atoms with Crippen LogP contribution in [0.4, 0.5) is 0 Å². The third-order valence-electron chi connectivity index (χ3n) is 8.76. The monoisotopic (exact) mass is 474 g/mol. The number of fused-ring (bicyclic) bond motifs is 5. The Bertz CT molecular complexity index is 1670. The molecule has 2 heteroatoms. The summed E-state index contributed by atoms with van der Waals surface area (Å²) < 4.78 is 2.34. The maximum Gasteiger partial charge on any atom is 0.222 e. The Morgan fingerprint density at radius 1 is 0.829 bits per heavy atom. The first-order valence-electron chi connectivity index (χ1n) is 13.0. The predicted molar refractivity (Wildman–Crippen MR) is 149 cm³/mol. The maximum absolute atomic E-state index is 2.52. The van der Waals surface area contributed by atoms with Crippen LogP contribution in [0.3, 0.4) is 0 Å². The fourth-order valence-corrected chi connectivity index (χ4v) is 7.90. The first kappa shape index (κ1) is 21.4. The first-order chi connectivity index (χ1) is 16.9. The van der Waals surface area contributed by atoms with Gasteiger partial charge in [-0.05, 0) is 88.7 Å². The highest BCUT2D eigenvalue weighted by Crippen LogP contribution is 2.51. The van der Waals surface area contributed by atoms with Crippen LogP contribution in [0.2, 0.25) is 0 Å². The summed E-state index contributed by atoms with van der Waals surface area (Å²) in [5.74, 6) is 0.693. The Labute approximate surface area is 212 Å². The van der Waals surface area contributed by atoms with E-state index in [9.17, 15) is 0 Å². The second-order valence-electron chi connectivity index (χ2n) is 11.6. The van der Waals surface area contributed by atoms with Crippen LogP contribution in [0.1, 0.15) is 56.6 Å². The molecule has 0 spiro atoms. The number of hydrogen-bond donors (Lipinski definition) is 0. The fraction of sp³-hybridized carbons (Fsp3) is 0.303. The highest BCUT2D eigenvalue weighted by Gasteiger charge is 2.31. The molecule has 5 aromatic rings. The molecule has 2 heterocycles. The highest BCUT2D eigenvalue weighted by molar-refractivity contribution is 7.99. The minimum atomic E-state index is 0.502. The van der Waals surface area contributed by atoms with Gasteiger partial charge in [-0.25, -0.2) is 4.57 Å². The molecule has 1 fully saturated rings. The van der Waals surface area contributed by atoms with E-state index in [1.807, 2.05) is 11.8 Å². The smallest absolute Gasteiger partial charge is 0.200 e. The van der Waals surface area contributed by atoms with E-state index >= 15 is 0 Å². The third kappa shape index (κ3) is 3.26. The number of aromatic nitrogens is 1. The van der Waals surface area contributed by atoms with Gasteiger partial charge in [0.05, 0.1) is 10.9 Å². The van der Waals surface area contributed by atoms with Gasteiger partial charge in [0.1, 0.15) is 7.05 Å². The molecule has 0 bridgehead atoms. The number of pyridine rings is 1. The van der Waals surface area contributed by atoms with Gasteiger partial charge >= 0.3 is 0 Å². The molecule has 1 saturated carbocycles. The zero-order valence-electron chi connectivity index (χ0n) is 21.1. The minimum absolute atomic E-state index is 0.502. The van der Waals surface area contributed by atoms with Crippen molar-refractivity contribution < 1.29 is 4.57 Å². The number of aryl methyl sites for hydroxylation is 2. The topological polar surface area (TPSA) is 3.88 Å². The van der Waals surface area contributed by atoms with Crippen LogP contribution in [-0.4, -0.2) is 0 Å². The molecule has 2 aliphatic rings. The average molecular weight is 475 g/mol. The van der Waals surface area contributed by atoms with E-state index in [-0.39, 0.29) is 0 Å². The zero-order valence-corrected chi connectivity index (χ0v) is 21.9. The van der Waals surface area contributed by atoms with Crippen molar-refractivity contribution in [3.05, 3.63) is 78.0 Å². The Morgan fingerprint density at radius 2 is 1.57 bits per heavy atom. The quantitative estimate of drug-likeness (QED) is 0.170. The van der Waals surface area contributed by atoms with Gasteiger partial charge in [0.25, 0.3) is 0 Å². The van der Waals surface area contributed by atoms with Crippen LogP contribution in [0.5, 0.6) is 0 Å². The standard InChI is InChI=1S/C33H32NS/c1-20-25-8-6-5-7-23(25)18-28-30(20)32-31-26(13-16-34(32)4)27-17-22(9-10-24(27)19-29(31)35-28)21-11-14-33(2,3)15-12-21/h5-10,13,16-19,21H,11-12,14-15H2,1-4H3/q+1. The Hall–Kier alpha value is -2.84. The second-order valence-corrected chi connectivity index (χ2v) is 12.6. The number of rotatable bonds is 1. The number of nitrogens with zero attached hydrogens (tertiary/aromatic N) is 1. The summed E-state index contributed by atoms with van der Waals surface area (Å²) in [4.78, 5) is 2.76. The molecule has 0 unspecified atom stereocenters. The lowest BCUT2D eigenvalue weighted by molar-refractivity contribution is -0.659. The van der Waals surface area contributed by atoms with Crippen molar-refractivity contribution >= 4 is 44.1 Å². The van der Waals surface area contributed by atoms with Crippen molar-refractivity contribution in [2.24, 2.45) is 12.5 Å². The van der Waals surface area contributed by atoms with Gasteiger partial charge in [0.2, 0.25) is 5.69 Å². The molecule has 7 rings (SSSR count). The van der Waals surface area contributed by atoms with E-state index in [4.69, 9.17) is 0 Å². The molecule has 0 atom stereocenters. The van der Waals surface area contributed by atoms with E-state index in [2.05, 4.69) is 99.2 Å². The average Bonchev–Trinajstić information content (AvgIpc) is 2.85. The van der Waals surface area contributed by atoms with Crippen LogP contribution in [0, 0.1) is 12.3 Å². The Balaban J connectivity index is 1.48. The van der Waals surface area contributed by atoms with Gasteiger partial charge in [-0.1, -0.05) is 68.1 Å². The molecule has 174 valence electrons. The van der Waals surface area contributed by atoms with Crippen molar-refractivity contribution in [1.29, 1.82) is 0 Å². The summed E-state index contributed by atoms with van der Waals surface area (Å²) in [7, 11) is 2.21. The molecule has 0 N–H and O–H groups in total. The van der Waals surface area contributed by atoms with Gasteiger partial charge in [-0.15, -0.1) is 0 Å². The van der Waals surface area contributed by atoms with Gasteiger partial charge in [0.15, 0.2) is 6.20 Å². The highest BCUT2D eigenvalue weighted by atomic mass is 32.2. The summed E-state index contributed by atoms with van der Waals surface area (Å²) in [6, 6.07) is 23.3. The van der Waals surface area contributed by atoms with Crippen molar-refractivity contribution in [3.63, 3.8) is 0 Å². The Kier molecular flexibility index (Phi) is 4.64. The Morgan fingerprint density at radius 3 is 2.40 bits per heavy atom. The van der Waals surface area contributed by atoms with Crippen LogP contribution < -0.4 is 4.57 Å². The van der Waals surface area contributed by atoms with Crippen LogP contribution in [-0.2, 0) is 7.05 Å². The van der Waals surface area contributed by atoms with Gasteiger partial charge in [0, 0.05) is 21.2 Å². The molecule has 1 nitrogen and oxygen atoms in total. The van der Waals surface area contributed by atoms with Gasteiger partial charge in [-0.2, -0.15) is 0 Å². The number of hydrogen-bond acceptors (Lipinski definition) is 1. The summed E-state index contributed by atoms with van der Waals surface area (Å²) in [6.45, 7) is 7.16. The van der Waals surface area contributed by atoms with Crippen molar-refractivity contribution in [2.45, 2.75) is 62.2 Å². The number of benzene rings is 4. The van der Waals surface area contributed by atoms with Crippen molar-refractivity contribution in [2.75, 3.05) is 0 Å². The molecule has 1 aromatic heterocycles. The van der Waals surface area contributed by atoms with Gasteiger partial charge in [-0.3, -0.25) is 0 Å². The van der Waals surface area contributed by atoms with Gasteiger partial charge < -0.3 is 0 Å². The lowest BCUT2D eigenvalue weighted by Gasteiger charge is -2.34. The first-order valence-corrected chi connectivity index (χ1v) is 13.8. The lowest BCUT2D eigenvalue weighted by atomic mass is 9.71. The molecular weight excluding hydrogens is 442 g/mol. The lowest BCUT2D eigenvalue weighted by Crippen LogP contribution is -2.31. The van der Waals surface area contributed by atoms with Crippen LogP contribution in [0.15, 0.2) is 76.7 Å². The molecule has 0 amide bonds. The molecule has 1 aliphatic heterocycles. The minimum Gasteiger partial charge on any atom is -0.200 e. The molecule has 4 aromatic carbocycles. The maximum atomic E-state index is 2.52. The van der Waals surface area contributed by atoms with Crippen LogP contribution >= 0.6 is 11.8 Å². The SMILES string of the molecule is Cc1c2c(cc3ccccc13)Sc1cc3ccc(C4CCC(C)(C)CC4)cc3c3cc[n+](C)c-2c13. The fourth-order valence-electron chi connectivity index (χ4n) is 6.63. The second kappa shape index (κ2) is 7.58. The largest absolute Gasteiger partial charge is 0.222 e. The van der Waals surface area contributed by atoms with E-state index in [0.717, 1.165) is 0 Å². The van der Waals surface area contributed by atoms with Crippen LogP contribution in [0.25, 0.3) is 43.6 Å². The van der Waals surface area contributed by atoms with E-state index in [0.29, 0.717) is 11.3 Å². The molecule has 35 heavy (non-hydrogen) atoms. The molecular formula is C33H32NS+. The summed E-state index contributed by atoms with van der Waals surface area (Å²) in [5, 5.41) is 8.27. The van der Waals surface area contributed by atoms with Crippen molar-refractivity contribution in [1.82, 2.24) is 0 Å². The summed E-state index contributed by atoms with van der Waals surface area (Å²) in [5.41, 5.74) is 6.19. The third-order valence-corrected chi connectivity index (χ3v) is 9.85. The summed E-state index contributed by atoms with van der Waals surface area (Å²) >= 11 is 1.95. The molecule has 1 aliphatic carbocycles. The molecule has 0 saturated heterocycles. The van der Waals surface area contributed by atoms with Crippen molar-refractivity contribution in [3.8, 4) is 11.3 Å². The molecule has 0 radical (unpaired) electrons. The normalized spacial score (nSPS) is 17.3. The zero-order chi connectivity index (χ0) is 23.9. The van der Waals surface area contributed by atoms with E-state index < -0.39 is 0 Å². The van der Waals surface area contributed by atoms with E-state index in [1.54, 1.807) is 0 Å². The predicted octanol–water partition coefficient (Wildman–Crippen LogP) is 9.09. The van der Waals surface area contributed by atoms with E-state index in [1.165, 1.54) is 90.2 Å². The summed E-state index contributed by atoms with van der Waals surface area (Å²) in [6.07, 6.45) is 7.55.